The number of alkyl halides is 2. The van der Waals surface area contributed by atoms with E-state index in [0.29, 0.717) is 0 Å². The summed E-state index contributed by atoms with van der Waals surface area (Å²) in [5, 5.41) is 3.27. The first-order valence-corrected chi connectivity index (χ1v) is 13.5. The Morgan fingerprint density at radius 1 is 1.11 bits per heavy atom. The van der Waals surface area contributed by atoms with Crippen LogP contribution in [-0.2, 0) is 18.3 Å². The highest BCUT2D eigenvalue weighted by atomic mass is 31.2. The van der Waals surface area contributed by atoms with Crippen molar-refractivity contribution in [3.63, 3.8) is 0 Å². The number of anilines is 1. The van der Waals surface area contributed by atoms with Crippen LogP contribution in [0.2, 0.25) is 0 Å². The zero-order chi connectivity index (χ0) is 27.2. The molecule has 0 aliphatic carbocycles. The molecule has 1 N–H and O–H groups in total. The Kier molecular flexibility index (Phi) is 9.53. The van der Waals surface area contributed by atoms with Crippen molar-refractivity contribution < 1.29 is 36.7 Å². The minimum Gasteiger partial charge on any atom is -0.449 e. The first kappa shape index (κ1) is 28.4. The highest BCUT2D eigenvalue weighted by Crippen LogP contribution is 2.53. The molecule has 3 aromatic rings. The van der Waals surface area contributed by atoms with E-state index < -0.39 is 31.6 Å². The van der Waals surface area contributed by atoms with Crippen molar-refractivity contribution in [2.45, 2.75) is 39.8 Å². The van der Waals surface area contributed by atoms with Crippen LogP contribution < -0.4 is 5.32 Å². The third-order valence-corrected chi connectivity index (χ3v) is 8.06. The van der Waals surface area contributed by atoms with Gasteiger partial charge in [-0.2, -0.15) is 0 Å². The molecule has 0 bridgehead atoms. The maximum Gasteiger partial charge on any atom is 0.419 e. The number of fused-ring (bicyclic) bond motifs is 1. The largest absolute Gasteiger partial charge is 0.449 e. The summed E-state index contributed by atoms with van der Waals surface area (Å²) in [4.78, 5) is 30.7. The quantitative estimate of drug-likeness (QED) is 0.213. The second-order valence-corrected chi connectivity index (χ2v) is 10.5. The number of pyridine rings is 1. The van der Waals surface area contributed by atoms with Gasteiger partial charge in [-0.1, -0.05) is 6.07 Å². The number of carbonyl (C=O) groups is 2. The lowest BCUT2D eigenvalue weighted by Gasteiger charge is -2.24. The van der Waals surface area contributed by atoms with Crippen molar-refractivity contribution in [3.8, 4) is 0 Å². The van der Waals surface area contributed by atoms with E-state index in [-0.39, 0.29) is 59.8 Å². The summed E-state index contributed by atoms with van der Waals surface area (Å²) in [6.07, 6.45) is -0.798. The van der Waals surface area contributed by atoms with Gasteiger partial charge in [-0.15, -0.1) is 0 Å². The van der Waals surface area contributed by atoms with Gasteiger partial charge in [0.1, 0.15) is 5.69 Å². The minimum atomic E-state index is -3.53. The number of rotatable bonds is 12. The molecule has 1 unspecified atom stereocenters. The Hall–Kier alpha value is -3.14. The third-order valence-electron chi connectivity index (χ3n) is 5.56. The molecule has 0 aliphatic rings. The summed E-state index contributed by atoms with van der Waals surface area (Å²) < 4.78 is 57.6. The number of hydrogen-bond donors (Lipinski definition) is 1. The molecule has 1 aromatic carbocycles. The predicted molar refractivity (Wildman–Crippen MR) is 136 cm³/mol. The Morgan fingerprint density at radius 3 is 2.38 bits per heavy atom. The number of nitrogens with zero attached hydrogens (tertiary/aromatic N) is 2. The molecule has 0 spiro atoms. The van der Waals surface area contributed by atoms with Crippen LogP contribution in [0.3, 0.4) is 0 Å². The topological polar surface area (TPSA) is 109 Å². The van der Waals surface area contributed by atoms with Crippen molar-refractivity contribution >= 4 is 36.1 Å². The fourth-order valence-electron chi connectivity index (χ4n) is 3.86. The molecule has 0 amide bonds. The molecule has 0 aliphatic heterocycles. The summed E-state index contributed by atoms with van der Waals surface area (Å²) in [6.45, 7) is 6.98. The molecule has 200 valence electrons. The number of carbonyl (C=O) groups excluding carboxylic acids is 2. The average Bonchev–Trinajstić information content (AvgIpc) is 3.21. The molecule has 1 atom stereocenters. The molecular weight excluding hydrogens is 507 g/mol. The molecule has 0 saturated carbocycles. The van der Waals surface area contributed by atoms with Crippen molar-refractivity contribution in [3.05, 3.63) is 59.5 Å². The first-order chi connectivity index (χ1) is 17.7. The standard InChI is InChI=1S/C25H30F2N3O6P/c1-5-34-25(32)30-20-11-10-17(24(26)27)13-19(20)21(22(30)23(31)18-9-8-12-28-15-18)29-14-16(4)37(33,35-6-2)36-7-3/h8-13,15-16,24,29H,5-7,14H2,1-4H3. The fourth-order valence-corrected chi connectivity index (χ4v) is 5.48. The lowest BCUT2D eigenvalue weighted by atomic mass is 10.1. The molecule has 3 rings (SSSR count). The van der Waals surface area contributed by atoms with Crippen LogP contribution in [0.5, 0.6) is 0 Å². The van der Waals surface area contributed by atoms with Crippen molar-refractivity contribution in [1.82, 2.24) is 9.55 Å². The Bertz CT molecular complexity index is 1290. The smallest absolute Gasteiger partial charge is 0.419 e. The highest BCUT2D eigenvalue weighted by Gasteiger charge is 2.34. The summed E-state index contributed by atoms with van der Waals surface area (Å²) in [6, 6.07) is 6.83. The fraction of sp³-hybridized carbons (Fsp3) is 0.400. The number of nitrogens with one attached hydrogen (secondary N) is 1. The van der Waals surface area contributed by atoms with Gasteiger partial charge in [-0.25, -0.2) is 18.1 Å². The summed E-state index contributed by atoms with van der Waals surface area (Å²) in [7, 11) is -3.53. The summed E-state index contributed by atoms with van der Waals surface area (Å²) in [5.41, 5.74) is -0.598. The van der Waals surface area contributed by atoms with Crippen LogP contribution in [0.1, 0.15) is 55.7 Å². The first-order valence-electron chi connectivity index (χ1n) is 11.9. The van der Waals surface area contributed by atoms with Crippen LogP contribution in [0.15, 0.2) is 42.7 Å². The summed E-state index contributed by atoms with van der Waals surface area (Å²) >= 11 is 0. The van der Waals surface area contributed by atoms with Crippen molar-refractivity contribution in [2.24, 2.45) is 0 Å². The normalized spacial score (nSPS) is 12.6. The number of aromatic nitrogens is 2. The highest BCUT2D eigenvalue weighted by molar-refractivity contribution is 7.54. The SMILES string of the molecule is CCOC(=O)n1c(C(=O)c2cccnc2)c(NCC(C)P(=O)(OCC)OCC)c2cc(C(F)F)ccc21. The molecule has 37 heavy (non-hydrogen) atoms. The third kappa shape index (κ3) is 6.06. The van der Waals surface area contributed by atoms with E-state index in [1.54, 1.807) is 33.8 Å². The second-order valence-electron chi connectivity index (χ2n) is 8.01. The molecule has 0 fully saturated rings. The van der Waals surface area contributed by atoms with Crippen molar-refractivity contribution in [1.29, 1.82) is 0 Å². The Labute approximate surface area is 213 Å². The molecule has 0 radical (unpaired) electrons. The van der Waals surface area contributed by atoms with E-state index in [0.717, 1.165) is 4.57 Å². The van der Waals surface area contributed by atoms with E-state index in [1.165, 1.54) is 36.7 Å². The minimum absolute atomic E-state index is 0.00849. The van der Waals surface area contributed by atoms with E-state index in [2.05, 4.69) is 10.3 Å². The molecule has 9 nitrogen and oxygen atoms in total. The Balaban J connectivity index is 2.22. The number of hydrogen-bond acceptors (Lipinski definition) is 8. The van der Waals surface area contributed by atoms with Gasteiger partial charge in [-0.3, -0.25) is 14.3 Å². The number of ketones is 1. The van der Waals surface area contributed by atoms with Gasteiger partial charge in [0.15, 0.2) is 0 Å². The number of halogens is 2. The van der Waals surface area contributed by atoms with Crippen LogP contribution in [-0.4, -0.2) is 53.5 Å². The van der Waals surface area contributed by atoms with E-state index in [4.69, 9.17) is 13.8 Å². The van der Waals surface area contributed by atoms with Gasteiger partial charge in [0.25, 0.3) is 6.43 Å². The van der Waals surface area contributed by atoms with Crippen molar-refractivity contribution in [2.75, 3.05) is 31.7 Å². The molecule has 0 saturated heterocycles. The van der Waals surface area contributed by atoms with E-state index >= 15 is 0 Å². The molecule has 12 heteroatoms. The maximum atomic E-state index is 13.7. The van der Waals surface area contributed by atoms with E-state index in [1.807, 2.05) is 0 Å². The lowest BCUT2D eigenvalue weighted by Crippen LogP contribution is -2.23. The van der Waals surface area contributed by atoms with Crippen LogP contribution in [0.25, 0.3) is 10.9 Å². The second kappa shape index (κ2) is 12.4. The van der Waals surface area contributed by atoms with Crippen LogP contribution in [0, 0.1) is 0 Å². The van der Waals surface area contributed by atoms with Gasteiger partial charge in [-0.05, 0) is 52.0 Å². The van der Waals surface area contributed by atoms with Gasteiger partial charge < -0.3 is 19.1 Å². The number of ether oxygens (including phenoxy) is 1. The number of benzene rings is 1. The van der Waals surface area contributed by atoms with Gasteiger partial charge in [0.05, 0.1) is 36.7 Å². The zero-order valence-electron chi connectivity index (χ0n) is 21.1. The molecule has 2 heterocycles. The summed E-state index contributed by atoms with van der Waals surface area (Å²) in [5.74, 6) is -0.580. The average molecular weight is 538 g/mol. The van der Waals surface area contributed by atoms with Crippen LogP contribution in [0.4, 0.5) is 19.3 Å². The predicted octanol–water partition coefficient (Wildman–Crippen LogP) is 6.28. The maximum absolute atomic E-state index is 13.7. The van der Waals surface area contributed by atoms with E-state index in [9.17, 15) is 22.9 Å². The lowest BCUT2D eigenvalue weighted by molar-refractivity contribution is 0.102. The van der Waals surface area contributed by atoms with Gasteiger partial charge in [0.2, 0.25) is 5.78 Å². The van der Waals surface area contributed by atoms with Gasteiger partial charge in [0, 0.05) is 35.5 Å². The Morgan fingerprint density at radius 2 is 1.81 bits per heavy atom. The van der Waals surface area contributed by atoms with Gasteiger partial charge >= 0.3 is 13.7 Å². The molecular formula is C25H30F2N3O6P. The monoisotopic (exact) mass is 537 g/mol. The zero-order valence-corrected chi connectivity index (χ0v) is 22.0. The van der Waals surface area contributed by atoms with Crippen LogP contribution >= 0.6 is 7.60 Å². The molecule has 2 aromatic heterocycles.